The Balaban J connectivity index is 1.47. The number of amides is 2. The van der Waals surface area contributed by atoms with Gasteiger partial charge in [-0.15, -0.1) is 0 Å². The van der Waals surface area contributed by atoms with Crippen LogP contribution in [-0.4, -0.2) is 90.9 Å². The number of hydrogen-bond acceptors (Lipinski definition) is 7. The van der Waals surface area contributed by atoms with Gasteiger partial charge in [-0.2, -0.15) is 13.2 Å². The number of likely N-dealkylation sites (N-methyl/N-ethyl adjacent to an activating group) is 1. The third-order valence-corrected chi connectivity index (χ3v) is 8.47. The number of benzene rings is 1. The molecule has 2 saturated heterocycles. The summed E-state index contributed by atoms with van der Waals surface area (Å²) in [5, 5.41) is 2.56. The molecule has 3 aliphatic heterocycles. The van der Waals surface area contributed by atoms with Crippen molar-refractivity contribution in [1.29, 1.82) is 0 Å². The van der Waals surface area contributed by atoms with Crippen LogP contribution in [0.25, 0.3) is 5.57 Å². The van der Waals surface area contributed by atoms with Gasteiger partial charge in [-0.1, -0.05) is 6.08 Å². The lowest BCUT2D eigenvalue weighted by molar-refractivity contribution is -0.171. The average Bonchev–Trinajstić information content (AvgIpc) is 2.95. The van der Waals surface area contributed by atoms with Gasteiger partial charge in [0.1, 0.15) is 5.82 Å². The summed E-state index contributed by atoms with van der Waals surface area (Å²) in [6.07, 6.45) is -2.76. The molecule has 238 valence electrons. The van der Waals surface area contributed by atoms with E-state index >= 15 is 4.39 Å². The molecule has 2 atom stereocenters. The number of rotatable bonds is 5. The average molecular weight is 622 g/mol. The molecule has 0 spiro atoms. The van der Waals surface area contributed by atoms with E-state index in [2.05, 4.69) is 15.2 Å². The normalized spacial score (nSPS) is 22.2. The summed E-state index contributed by atoms with van der Waals surface area (Å²) < 4.78 is 67.7. The van der Waals surface area contributed by atoms with Crippen molar-refractivity contribution in [1.82, 2.24) is 14.8 Å². The van der Waals surface area contributed by atoms with E-state index in [0.717, 1.165) is 6.20 Å². The molecule has 2 aromatic rings. The molecule has 1 aromatic heterocycles. The predicted octanol–water partition coefficient (Wildman–Crippen LogP) is 4.33. The summed E-state index contributed by atoms with van der Waals surface area (Å²) >= 11 is 0. The Kier molecular flexibility index (Phi) is 8.51. The van der Waals surface area contributed by atoms with Gasteiger partial charge >= 0.3 is 12.3 Å². The predicted molar refractivity (Wildman–Crippen MR) is 155 cm³/mol. The monoisotopic (exact) mass is 621 g/mol. The standard InChI is InChI=1S/C30H35F4N5O5/c1-17-13-39(14-18(2)37(17)4)25-11-23(31)20(19-5-7-38(8-6-19)28(42)44-29(3)15-43-16-29)9-24(25)36-27(41)21-12-35-26(40)10-22(21)30(32,33)34/h5,9-12,17-18H,6-8,13-16H2,1-4H3,(H,35,40)(H,36,41). The summed E-state index contributed by atoms with van der Waals surface area (Å²) in [4.78, 5) is 45.3. The van der Waals surface area contributed by atoms with Crippen molar-refractivity contribution >= 4 is 28.9 Å². The van der Waals surface area contributed by atoms with E-state index in [9.17, 15) is 27.6 Å². The molecule has 2 N–H and O–H groups in total. The third-order valence-electron chi connectivity index (χ3n) is 8.47. The van der Waals surface area contributed by atoms with Gasteiger partial charge in [-0.3, -0.25) is 14.5 Å². The molecule has 5 rings (SSSR count). The smallest absolute Gasteiger partial charge is 0.417 e. The summed E-state index contributed by atoms with van der Waals surface area (Å²) in [5.74, 6) is -1.68. The highest BCUT2D eigenvalue weighted by Gasteiger charge is 2.39. The molecule has 0 bridgehead atoms. The minimum Gasteiger partial charge on any atom is -0.438 e. The Hall–Kier alpha value is -3.91. The molecular weight excluding hydrogens is 586 g/mol. The van der Waals surface area contributed by atoms with E-state index in [1.807, 2.05) is 25.8 Å². The Morgan fingerprint density at radius 2 is 1.82 bits per heavy atom. The number of carbonyl (C=O) groups is 2. The molecule has 2 unspecified atom stereocenters. The molecule has 14 heteroatoms. The highest BCUT2D eigenvalue weighted by atomic mass is 19.4. The van der Waals surface area contributed by atoms with Gasteiger partial charge in [0.05, 0.1) is 35.7 Å². The van der Waals surface area contributed by atoms with E-state index in [4.69, 9.17) is 9.47 Å². The maximum atomic E-state index is 15.8. The maximum Gasteiger partial charge on any atom is 0.417 e. The highest BCUT2D eigenvalue weighted by Crippen LogP contribution is 2.37. The topological polar surface area (TPSA) is 107 Å². The number of piperazine rings is 1. The minimum atomic E-state index is -4.96. The second-order valence-corrected chi connectivity index (χ2v) is 11.9. The zero-order chi connectivity index (χ0) is 32.0. The fraction of sp³-hybridized carbons (Fsp3) is 0.500. The van der Waals surface area contributed by atoms with Crippen LogP contribution in [0.3, 0.4) is 0 Å². The summed E-state index contributed by atoms with van der Waals surface area (Å²) in [5.41, 5.74) is -2.66. The quantitative estimate of drug-likeness (QED) is 0.479. The number of pyridine rings is 1. The van der Waals surface area contributed by atoms with Crippen LogP contribution in [0.5, 0.6) is 0 Å². The van der Waals surface area contributed by atoms with Crippen LogP contribution in [0.4, 0.5) is 33.7 Å². The molecule has 2 amide bonds. The first kappa shape index (κ1) is 31.5. The van der Waals surface area contributed by atoms with Gasteiger partial charge in [-0.25, -0.2) is 9.18 Å². The van der Waals surface area contributed by atoms with Crippen LogP contribution >= 0.6 is 0 Å². The summed E-state index contributed by atoms with van der Waals surface area (Å²) in [7, 11) is 1.98. The van der Waals surface area contributed by atoms with Gasteiger partial charge in [0.2, 0.25) is 5.56 Å². The highest BCUT2D eigenvalue weighted by molar-refractivity contribution is 6.07. The van der Waals surface area contributed by atoms with E-state index < -0.39 is 46.3 Å². The number of nitrogens with zero attached hydrogens (tertiary/aromatic N) is 3. The van der Waals surface area contributed by atoms with E-state index in [1.54, 1.807) is 13.0 Å². The van der Waals surface area contributed by atoms with Crippen LogP contribution in [0.15, 0.2) is 35.3 Å². The van der Waals surface area contributed by atoms with Crippen molar-refractivity contribution in [3.8, 4) is 0 Å². The van der Waals surface area contributed by atoms with Gasteiger partial charge in [0.15, 0.2) is 5.60 Å². The van der Waals surface area contributed by atoms with Gasteiger partial charge in [0, 0.05) is 56.1 Å². The number of nitrogens with one attached hydrogen (secondary N) is 2. The molecular formula is C30H35F4N5O5. The van der Waals surface area contributed by atoms with Crippen molar-refractivity contribution < 1.29 is 36.6 Å². The van der Waals surface area contributed by atoms with Gasteiger partial charge in [-0.05, 0) is 51.9 Å². The van der Waals surface area contributed by atoms with E-state index in [-0.39, 0.29) is 42.8 Å². The van der Waals surface area contributed by atoms with Crippen LogP contribution in [0.2, 0.25) is 0 Å². The van der Waals surface area contributed by atoms with Gasteiger partial charge < -0.3 is 29.6 Å². The number of H-pyrrole nitrogens is 1. The summed E-state index contributed by atoms with van der Waals surface area (Å²) in [6.45, 7) is 7.80. The van der Waals surface area contributed by atoms with Crippen molar-refractivity contribution in [2.75, 3.05) is 56.7 Å². The van der Waals surface area contributed by atoms with Crippen LogP contribution in [-0.2, 0) is 15.7 Å². The van der Waals surface area contributed by atoms with Crippen molar-refractivity contribution in [3.63, 3.8) is 0 Å². The Morgan fingerprint density at radius 1 is 1.14 bits per heavy atom. The number of carbonyl (C=O) groups excluding carboxylic acids is 2. The number of aromatic amines is 1. The van der Waals surface area contributed by atoms with E-state index in [0.29, 0.717) is 43.6 Å². The number of alkyl halides is 3. The first-order chi connectivity index (χ1) is 20.6. The van der Waals surface area contributed by atoms with Crippen LogP contribution in [0.1, 0.15) is 48.7 Å². The zero-order valence-corrected chi connectivity index (χ0v) is 24.9. The lowest BCUT2D eigenvalue weighted by atomic mass is 9.97. The Labute approximate surface area is 251 Å². The molecule has 2 fully saturated rings. The largest absolute Gasteiger partial charge is 0.438 e. The second kappa shape index (κ2) is 11.9. The molecule has 0 aliphatic carbocycles. The fourth-order valence-corrected chi connectivity index (χ4v) is 5.66. The third kappa shape index (κ3) is 6.46. The summed E-state index contributed by atoms with van der Waals surface area (Å²) in [6, 6.07) is 3.18. The van der Waals surface area contributed by atoms with Crippen LogP contribution < -0.4 is 15.8 Å². The SMILES string of the molecule is CC1CN(c2cc(F)c(C3=CCN(C(=O)OC4(C)COC4)CC3)cc2NC(=O)c2c[nH]c(=O)cc2C(F)(F)F)CC(C)N1C. The number of aromatic nitrogens is 1. The molecule has 0 saturated carbocycles. The van der Waals surface area contributed by atoms with Crippen LogP contribution in [0, 0.1) is 5.82 Å². The molecule has 1 aromatic carbocycles. The zero-order valence-electron chi connectivity index (χ0n) is 24.9. The number of anilines is 2. The number of hydrogen-bond donors (Lipinski definition) is 2. The molecule has 44 heavy (non-hydrogen) atoms. The molecule has 3 aliphatic rings. The van der Waals surface area contributed by atoms with Gasteiger partial charge in [0.25, 0.3) is 5.91 Å². The molecule has 0 radical (unpaired) electrons. The number of halogens is 4. The second-order valence-electron chi connectivity index (χ2n) is 11.9. The maximum absolute atomic E-state index is 15.8. The number of ether oxygens (including phenoxy) is 2. The van der Waals surface area contributed by atoms with E-state index in [1.165, 1.54) is 17.0 Å². The Morgan fingerprint density at radius 3 is 2.39 bits per heavy atom. The molecule has 10 nitrogen and oxygen atoms in total. The van der Waals surface area contributed by atoms with Crippen molar-refractivity contribution in [3.05, 3.63) is 63.3 Å². The fourth-order valence-electron chi connectivity index (χ4n) is 5.66. The minimum absolute atomic E-state index is 0.0709. The lowest BCUT2D eigenvalue weighted by Crippen LogP contribution is -2.55. The van der Waals surface area contributed by atoms with Crippen molar-refractivity contribution in [2.45, 2.75) is 51.1 Å². The first-order valence-corrected chi connectivity index (χ1v) is 14.3. The van der Waals surface area contributed by atoms with Crippen molar-refractivity contribution in [2.24, 2.45) is 0 Å². The molecule has 4 heterocycles. The lowest BCUT2D eigenvalue weighted by Gasteiger charge is -2.44. The Bertz CT molecular complexity index is 1520. The first-order valence-electron chi connectivity index (χ1n) is 14.3.